The van der Waals surface area contributed by atoms with E-state index in [1.807, 2.05) is 40.2 Å². The standard InChI is InChI=1S/C51H86NO11P/c1-6-8-10-11-12-13-14-15-16-17-18-19-20-21-22-23-24-25-30-34-40-51(57)63-47(45-62-64(58,59)61-43-42-52(3,4)5)44-60-50(56)41-35-39-49(55)48(54)38-33-29-27-26-28-32-37-46(53)36-31-9-7-2/h9,13-14,16-17,19-20,26-29,31-33,37-38,46-49,53-55H,6-8,10-12,15,18,21-25,30,34-36,39-45H2,1-5H3/p+1/b14-13-,17-16-,20-19-,28-26+,29-27-,31-9-,37-32+,38-33-/t46-,47-,48+,49+/m1/s1. The van der Waals surface area contributed by atoms with Crippen molar-refractivity contribution < 1.29 is 57.4 Å². The summed E-state index contributed by atoms with van der Waals surface area (Å²) >= 11 is 0. The van der Waals surface area contributed by atoms with Gasteiger partial charge in [0.1, 0.15) is 19.8 Å². The number of nitrogens with zero attached hydrogens (tertiary/aromatic N) is 1. The summed E-state index contributed by atoms with van der Waals surface area (Å²) in [5.74, 6) is -1.16. The summed E-state index contributed by atoms with van der Waals surface area (Å²) in [6.45, 7) is 3.78. The number of quaternary nitrogens is 1. The zero-order valence-electron chi connectivity index (χ0n) is 40.1. The molecule has 0 amide bonds. The summed E-state index contributed by atoms with van der Waals surface area (Å²) in [6.07, 6.45) is 44.0. The average Bonchev–Trinajstić information content (AvgIpc) is 3.24. The molecule has 1 unspecified atom stereocenters. The van der Waals surface area contributed by atoms with Crippen LogP contribution in [0.25, 0.3) is 0 Å². The van der Waals surface area contributed by atoms with Crippen molar-refractivity contribution in [1.82, 2.24) is 0 Å². The molecule has 0 spiro atoms. The third kappa shape index (κ3) is 42.7. The van der Waals surface area contributed by atoms with Crippen LogP contribution in [0.15, 0.2) is 97.2 Å². The lowest BCUT2D eigenvalue weighted by atomic mass is 10.1. The number of aliphatic hydroxyl groups is 3. The van der Waals surface area contributed by atoms with E-state index in [1.165, 1.54) is 38.2 Å². The van der Waals surface area contributed by atoms with E-state index in [0.717, 1.165) is 57.8 Å². The number of unbranched alkanes of at least 4 members (excludes halogenated alkanes) is 10. The van der Waals surface area contributed by atoms with Crippen molar-refractivity contribution in [3.05, 3.63) is 97.2 Å². The summed E-state index contributed by atoms with van der Waals surface area (Å²) in [6, 6.07) is 0. The Labute approximate surface area is 387 Å². The maximum absolute atomic E-state index is 12.7. The first-order chi connectivity index (χ1) is 30.7. The second kappa shape index (κ2) is 41.3. The molecule has 0 aromatic heterocycles. The Balaban J connectivity index is 4.66. The molecule has 0 bridgehead atoms. The number of carbonyl (C=O) groups excluding carboxylic acids is 2. The molecule has 0 saturated heterocycles. The van der Waals surface area contributed by atoms with Gasteiger partial charge in [0, 0.05) is 12.8 Å². The Morgan fingerprint density at radius 2 is 1.19 bits per heavy atom. The van der Waals surface area contributed by atoms with Gasteiger partial charge in [0.15, 0.2) is 6.10 Å². The lowest BCUT2D eigenvalue weighted by Crippen LogP contribution is -2.37. The normalized spacial score (nSPS) is 15.8. The van der Waals surface area contributed by atoms with Gasteiger partial charge in [0.2, 0.25) is 0 Å². The molecule has 366 valence electrons. The van der Waals surface area contributed by atoms with Crippen molar-refractivity contribution >= 4 is 19.8 Å². The van der Waals surface area contributed by atoms with Crippen LogP contribution in [0.1, 0.15) is 142 Å². The molecule has 0 aromatic carbocycles. The van der Waals surface area contributed by atoms with E-state index in [-0.39, 0.29) is 32.3 Å². The van der Waals surface area contributed by atoms with Gasteiger partial charge in [-0.3, -0.25) is 18.6 Å². The molecular formula is C51H87NO11P+. The van der Waals surface area contributed by atoms with Crippen LogP contribution in [0, 0.1) is 0 Å². The van der Waals surface area contributed by atoms with Crippen molar-refractivity contribution in [2.24, 2.45) is 0 Å². The third-order valence-corrected chi connectivity index (χ3v) is 10.7. The fraction of sp³-hybridized carbons (Fsp3) is 0.647. The number of phosphoric acid groups is 1. The van der Waals surface area contributed by atoms with Crippen molar-refractivity contribution in [3.63, 3.8) is 0 Å². The lowest BCUT2D eigenvalue weighted by Gasteiger charge is -2.24. The predicted molar refractivity (Wildman–Crippen MR) is 260 cm³/mol. The van der Waals surface area contributed by atoms with Crippen LogP contribution in [-0.4, -0.2) is 109 Å². The van der Waals surface area contributed by atoms with Gasteiger partial charge in [-0.15, -0.1) is 0 Å². The average molecular weight is 921 g/mol. The summed E-state index contributed by atoms with van der Waals surface area (Å²) in [7, 11) is 1.26. The highest BCUT2D eigenvalue weighted by molar-refractivity contribution is 7.47. The third-order valence-electron chi connectivity index (χ3n) is 9.69. The highest BCUT2D eigenvalue weighted by Crippen LogP contribution is 2.43. The van der Waals surface area contributed by atoms with Crippen molar-refractivity contribution in [1.29, 1.82) is 0 Å². The van der Waals surface area contributed by atoms with E-state index in [4.69, 9.17) is 18.5 Å². The second-order valence-corrected chi connectivity index (χ2v) is 18.4. The highest BCUT2D eigenvalue weighted by Gasteiger charge is 2.27. The van der Waals surface area contributed by atoms with E-state index in [9.17, 15) is 34.4 Å². The van der Waals surface area contributed by atoms with Gasteiger partial charge in [-0.05, 0) is 70.6 Å². The molecule has 0 fully saturated rings. The van der Waals surface area contributed by atoms with Crippen molar-refractivity contribution in [3.8, 4) is 0 Å². The van der Waals surface area contributed by atoms with Crippen LogP contribution in [0.2, 0.25) is 0 Å². The van der Waals surface area contributed by atoms with Crippen LogP contribution in [-0.2, 0) is 32.7 Å². The molecule has 0 heterocycles. The maximum Gasteiger partial charge on any atom is 0.472 e. The van der Waals surface area contributed by atoms with Gasteiger partial charge in [-0.2, -0.15) is 0 Å². The Hall–Kier alpha value is -3.19. The topological polar surface area (TPSA) is 169 Å². The zero-order chi connectivity index (χ0) is 47.6. The summed E-state index contributed by atoms with van der Waals surface area (Å²) in [4.78, 5) is 35.5. The monoisotopic (exact) mass is 921 g/mol. The van der Waals surface area contributed by atoms with Gasteiger partial charge >= 0.3 is 19.8 Å². The van der Waals surface area contributed by atoms with Gasteiger partial charge < -0.3 is 34.2 Å². The molecule has 5 atom stereocenters. The fourth-order valence-corrected chi connectivity index (χ4v) is 6.57. The molecule has 0 saturated carbocycles. The zero-order valence-corrected chi connectivity index (χ0v) is 41.0. The second-order valence-electron chi connectivity index (χ2n) is 17.0. The number of rotatable bonds is 41. The van der Waals surface area contributed by atoms with Gasteiger partial charge in [0.05, 0.1) is 46.1 Å². The number of ether oxygens (including phenoxy) is 2. The van der Waals surface area contributed by atoms with E-state index >= 15 is 0 Å². The van der Waals surface area contributed by atoms with E-state index in [2.05, 4.69) is 43.4 Å². The molecule has 0 aliphatic heterocycles. The molecular weight excluding hydrogens is 834 g/mol. The number of likely N-dealkylation sites (N-methyl/N-ethyl adjacent to an activating group) is 1. The molecule has 0 aliphatic rings. The number of carbonyl (C=O) groups is 2. The molecule has 0 radical (unpaired) electrons. The van der Waals surface area contributed by atoms with E-state index in [1.54, 1.807) is 42.5 Å². The molecule has 0 aromatic rings. The Morgan fingerprint density at radius 3 is 1.81 bits per heavy atom. The first kappa shape index (κ1) is 60.8. The van der Waals surface area contributed by atoms with E-state index in [0.29, 0.717) is 23.9 Å². The quantitative estimate of drug-likeness (QED) is 0.0115. The van der Waals surface area contributed by atoms with Gasteiger partial charge in [-0.25, -0.2) is 4.57 Å². The van der Waals surface area contributed by atoms with Crippen LogP contribution in [0.4, 0.5) is 0 Å². The molecule has 64 heavy (non-hydrogen) atoms. The lowest BCUT2D eigenvalue weighted by molar-refractivity contribution is -0.870. The number of esters is 2. The van der Waals surface area contributed by atoms with Crippen LogP contribution >= 0.6 is 7.82 Å². The van der Waals surface area contributed by atoms with E-state index < -0.39 is 57.4 Å². The Bertz CT molecular complexity index is 1460. The number of hydrogen-bond donors (Lipinski definition) is 4. The number of allylic oxidation sites excluding steroid dienone is 13. The number of phosphoric ester groups is 1. The smallest absolute Gasteiger partial charge is 0.462 e. The SMILES string of the molecule is CC/C=C\C[C@@H](O)/C=C/C=C/C=C\C=C/[C@H](O)[C@@H](O)CCCC(=O)OC[C@H](COP(=O)(O)OCC[N+](C)(C)C)OC(=O)CCCCCCCC/C=C\C/C=C\C/C=C\CCCCCC. The van der Waals surface area contributed by atoms with Crippen molar-refractivity contribution in [2.45, 2.75) is 167 Å². The number of hydrogen-bond acceptors (Lipinski definition) is 10. The molecule has 0 aliphatic carbocycles. The number of aliphatic hydroxyl groups excluding tert-OH is 3. The van der Waals surface area contributed by atoms with Gasteiger partial charge in [-0.1, -0.05) is 156 Å². The van der Waals surface area contributed by atoms with Gasteiger partial charge in [0.25, 0.3) is 0 Å². The maximum atomic E-state index is 12.7. The highest BCUT2D eigenvalue weighted by atomic mass is 31.2. The molecule has 4 N–H and O–H groups in total. The minimum absolute atomic E-state index is 0.0327. The first-order valence-electron chi connectivity index (χ1n) is 23.8. The minimum Gasteiger partial charge on any atom is -0.462 e. The minimum atomic E-state index is -4.47. The largest absolute Gasteiger partial charge is 0.472 e. The van der Waals surface area contributed by atoms with Crippen LogP contribution in [0.3, 0.4) is 0 Å². The van der Waals surface area contributed by atoms with Crippen molar-refractivity contribution in [2.75, 3.05) is 47.5 Å². The van der Waals surface area contributed by atoms with Crippen LogP contribution in [0.5, 0.6) is 0 Å². The summed E-state index contributed by atoms with van der Waals surface area (Å²) < 4.78 is 34.1. The van der Waals surface area contributed by atoms with Crippen LogP contribution < -0.4 is 0 Å². The Morgan fingerprint density at radius 1 is 0.625 bits per heavy atom. The molecule has 0 rings (SSSR count). The fourth-order valence-electron chi connectivity index (χ4n) is 5.83. The summed E-state index contributed by atoms with van der Waals surface area (Å²) in [5, 5.41) is 30.5. The molecule has 13 heteroatoms. The Kier molecular flexibility index (Phi) is 39.2. The summed E-state index contributed by atoms with van der Waals surface area (Å²) in [5.41, 5.74) is 0. The molecule has 12 nitrogen and oxygen atoms in total. The predicted octanol–water partition coefficient (Wildman–Crippen LogP) is 10.7. The first-order valence-corrected chi connectivity index (χ1v) is 25.3.